The first-order chi connectivity index (χ1) is 8.91. The van der Waals surface area contributed by atoms with E-state index < -0.39 is 5.79 Å². The van der Waals surface area contributed by atoms with Crippen LogP contribution >= 0.6 is 28.7 Å². The predicted octanol–water partition coefficient (Wildman–Crippen LogP) is 2.82. The first-order valence-electron chi connectivity index (χ1n) is 5.54. The van der Waals surface area contributed by atoms with Crippen LogP contribution < -0.4 is 9.62 Å². The lowest BCUT2D eigenvalue weighted by Crippen LogP contribution is -2.46. The molecule has 0 saturated carbocycles. The lowest BCUT2D eigenvalue weighted by Gasteiger charge is -2.27. The summed E-state index contributed by atoms with van der Waals surface area (Å²) in [7, 11) is 3.03. The van der Waals surface area contributed by atoms with Crippen molar-refractivity contribution in [3.63, 3.8) is 0 Å². The molecule has 1 N–H and O–H groups in total. The maximum absolute atomic E-state index is 11.9. The molecule has 0 aliphatic carbocycles. The van der Waals surface area contributed by atoms with E-state index >= 15 is 0 Å². The maximum Gasteiger partial charge on any atom is 0.332 e. The summed E-state index contributed by atoms with van der Waals surface area (Å²) in [4.78, 5) is 11.9. The molecule has 19 heavy (non-hydrogen) atoms. The van der Waals surface area contributed by atoms with Crippen LogP contribution in [0.3, 0.4) is 0 Å². The number of anilines is 1. The van der Waals surface area contributed by atoms with Gasteiger partial charge in [-0.3, -0.25) is 0 Å². The molecule has 0 radical (unpaired) electrons. The zero-order valence-corrected chi connectivity index (χ0v) is 13.5. The molecule has 5 nitrogen and oxygen atoms in total. The normalized spacial score (nSPS) is 11.2. The largest absolute Gasteiger partial charge is 0.352 e. The van der Waals surface area contributed by atoms with Crippen LogP contribution in [0.4, 0.5) is 10.5 Å². The zero-order chi connectivity index (χ0) is 14.5. The van der Waals surface area contributed by atoms with Crippen molar-refractivity contribution in [2.24, 2.45) is 0 Å². The SMILES string of the molecule is COC(C)(CNC(=O)N(S)c1cccc(Br)c1)OC. The number of nitrogens with one attached hydrogen (secondary N) is 1. The second kappa shape index (κ2) is 7.14. The van der Waals surface area contributed by atoms with Gasteiger partial charge in [0.1, 0.15) is 0 Å². The van der Waals surface area contributed by atoms with Crippen molar-refractivity contribution < 1.29 is 14.3 Å². The van der Waals surface area contributed by atoms with E-state index in [4.69, 9.17) is 9.47 Å². The van der Waals surface area contributed by atoms with Crippen LogP contribution in [0.25, 0.3) is 0 Å². The van der Waals surface area contributed by atoms with Gasteiger partial charge in [-0.15, -0.1) is 0 Å². The number of amides is 2. The molecule has 0 aromatic heterocycles. The third-order valence-electron chi connectivity index (χ3n) is 2.67. The highest BCUT2D eigenvalue weighted by molar-refractivity contribution is 9.10. The summed E-state index contributed by atoms with van der Waals surface area (Å²) >= 11 is 7.51. The van der Waals surface area contributed by atoms with E-state index in [-0.39, 0.29) is 12.6 Å². The monoisotopic (exact) mass is 348 g/mol. The van der Waals surface area contributed by atoms with Crippen LogP contribution in [-0.4, -0.2) is 32.6 Å². The van der Waals surface area contributed by atoms with Gasteiger partial charge in [-0.1, -0.05) is 34.8 Å². The summed E-state index contributed by atoms with van der Waals surface area (Å²) in [5.41, 5.74) is 0.659. The average molecular weight is 349 g/mol. The Morgan fingerprint density at radius 1 is 1.47 bits per heavy atom. The van der Waals surface area contributed by atoms with Gasteiger partial charge in [0, 0.05) is 18.7 Å². The topological polar surface area (TPSA) is 50.8 Å². The number of thiol groups is 1. The van der Waals surface area contributed by atoms with Gasteiger partial charge >= 0.3 is 6.03 Å². The molecule has 1 aromatic rings. The maximum atomic E-state index is 11.9. The number of carbonyl (C=O) groups is 1. The molecule has 7 heteroatoms. The summed E-state index contributed by atoms with van der Waals surface area (Å²) in [5, 5.41) is 2.69. The van der Waals surface area contributed by atoms with Gasteiger partial charge in [-0.25, -0.2) is 9.10 Å². The fraction of sp³-hybridized carbons (Fsp3) is 0.417. The minimum atomic E-state index is -0.860. The van der Waals surface area contributed by atoms with E-state index in [1.807, 2.05) is 12.1 Å². The number of urea groups is 1. The van der Waals surface area contributed by atoms with Gasteiger partial charge in [-0.2, -0.15) is 0 Å². The van der Waals surface area contributed by atoms with Crippen molar-refractivity contribution in [3.8, 4) is 0 Å². The number of hydrogen-bond donors (Lipinski definition) is 2. The first-order valence-corrected chi connectivity index (χ1v) is 6.74. The number of rotatable bonds is 5. The highest BCUT2D eigenvalue weighted by Crippen LogP contribution is 2.21. The van der Waals surface area contributed by atoms with Gasteiger partial charge in [0.05, 0.1) is 12.2 Å². The van der Waals surface area contributed by atoms with Crippen LogP contribution in [0.1, 0.15) is 6.92 Å². The lowest BCUT2D eigenvalue weighted by molar-refractivity contribution is -0.187. The van der Waals surface area contributed by atoms with Gasteiger partial charge in [0.25, 0.3) is 0 Å². The van der Waals surface area contributed by atoms with Crippen LogP contribution in [0.2, 0.25) is 0 Å². The molecule has 0 heterocycles. The third-order valence-corrected chi connectivity index (χ3v) is 3.58. The van der Waals surface area contributed by atoms with E-state index in [1.54, 1.807) is 19.1 Å². The fourth-order valence-electron chi connectivity index (χ4n) is 1.26. The molecule has 0 saturated heterocycles. The quantitative estimate of drug-likeness (QED) is 0.635. The van der Waals surface area contributed by atoms with Gasteiger partial charge in [0.15, 0.2) is 5.79 Å². The molecule has 0 aliphatic heterocycles. The Labute approximate surface area is 126 Å². The fourth-order valence-corrected chi connectivity index (χ4v) is 1.85. The molecular weight excluding hydrogens is 332 g/mol. The van der Waals surface area contributed by atoms with Gasteiger partial charge in [0.2, 0.25) is 0 Å². The Balaban J connectivity index is 2.63. The smallest absolute Gasteiger partial charge is 0.332 e. The van der Waals surface area contributed by atoms with E-state index in [2.05, 4.69) is 34.1 Å². The van der Waals surface area contributed by atoms with E-state index in [0.717, 1.165) is 4.47 Å². The van der Waals surface area contributed by atoms with E-state index in [0.29, 0.717) is 5.69 Å². The molecule has 0 spiro atoms. The van der Waals surface area contributed by atoms with Gasteiger partial charge < -0.3 is 14.8 Å². The molecule has 0 bridgehead atoms. The molecule has 1 rings (SSSR count). The van der Waals surface area contributed by atoms with Crippen LogP contribution in [-0.2, 0) is 9.47 Å². The number of halogens is 1. The van der Waals surface area contributed by atoms with E-state index in [9.17, 15) is 4.79 Å². The highest BCUT2D eigenvalue weighted by atomic mass is 79.9. The second-order valence-corrected chi connectivity index (χ2v) is 5.31. The molecule has 0 unspecified atom stereocenters. The lowest BCUT2D eigenvalue weighted by atomic mass is 10.3. The Morgan fingerprint density at radius 2 is 2.11 bits per heavy atom. The van der Waals surface area contributed by atoms with E-state index in [1.165, 1.54) is 18.5 Å². The summed E-state index contributed by atoms with van der Waals surface area (Å²) in [6.07, 6.45) is 0. The highest BCUT2D eigenvalue weighted by Gasteiger charge is 2.24. The Hall–Kier alpha value is -0.760. The molecule has 0 fully saturated rings. The minimum absolute atomic E-state index is 0.212. The third kappa shape index (κ3) is 4.68. The number of hydrogen-bond acceptors (Lipinski definition) is 4. The van der Waals surface area contributed by atoms with Crippen molar-refractivity contribution in [1.82, 2.24) is 5.32 Å². The molecule has 2 amide bonds. The molecule has 0 atom stereocenters. The van der Waals surface area contributed by atoms with Crippen LogP contribution in [0.5, 0.6) is 0 Å². The predicted molar refractivity (Wildman–Crippen MR) is 81.4 cm³/mol. The second-order valence-electron chi connectivity index (χ2n) is 3.99. The number of carbonyl (C=O) groups excluding carboxylic acids is 1. The number of ether oxygens (including phenoxy) is 2. The summed E-state index contributed by atoms with van der Waals surface area (Å²) < 4.78 is 12.4. The number of benzene rings is 1. The summed E-state index contributed by atoms with van der Waals surface area (Å²) in [5.74, 6) is -0.860. The molecule has 106 valence electrons. The summed E-state index contributed by atoms with van der Waals surface area (Å²) in [6.45, 7) is 1.94. The molecular formula is C12H17BrN2O3S. The van der Waals surface area contributed by atoms with Crippen molar-refractivity contribution in [1.29, 1.82) is 0 Å². The summed E-state index contributed by atoms with van der Waals surface area (Å²) in [6, 6.07) is 6.91. The Bertz CT molecular complexity index is 441. The average Bonchev–Trinajstić information content (AvgIpc) is 2.43. The van der Waals surface area contributed by atoms with Crippen molar-refractivity contribution in [2.45, 2.75) is 12.7 Å². The number of nitrogens with zero attached hydrogens (tertiary/aromatic N) is 1. The zero-order valence-electron chi connectivity index (χ0n) is 11.0. The van der Waals surface area contributed by atoms with Crippen molar-refractivity contribution in [2.75, 3.05) is 25.1 Å². The standard InChI is InChI=1S/C12H17BrN2O3S/c1-12(17-2,18-3)8-14-11(16)15(19)10-6-4-5-9(13)7-10/h4-7,19H,8H2,1-3H3,(H,14,16). The first kappa shape index (κ1) is 16.3. The molecule has 0 aliphatic rings. The van der Waals surface area contributed by atoms with Crippen LogP contribution in [0.15, 0.2) is 28.7 Å². The Morgan fingerprint density at radius 3 is 2.63 bits per heavy atom. The Kier molecular flexibility index (Phi) is 6.12. The van der Waals surface area contributed by atoms with Gasteiger partial charge in [-0.05, 0) is 25.1 Å². The van der Waals surface area contributed by atoms with Crippen LogP contribution in [0, 0.1) is 0 Å². The molecule has 1 aromatic carbocycles. The number of methoxy groups -OCH3 is 2. The van der Waals surface area contributed by atoms with Crippen molar-refractivity contribution >= 4 is 40.5 Å². The van der Waals surface area contributed by atoms with Crippen molar-refractivity contribution in [3.05, 3.63) is 28.7 Å². The minimum Gasteiger partial charge on any atom is -0.352 e.